The molecule has 1 fully saturated rings. The summed E-state index contributed by atoms with van der Waals surface area (Å²) in [5.74, 6) is -0.330. The molecule has 1 N–H and O–H groups in total. The summed E-state index contributed by atoms with van der Waals surface area (Å²) in [6, 6.07) is 16.7. The fraction of sp³-hybridized carbons (Fsp3) is 0.150. The van der Waals surface area contributed by atoms with Crippen molar-refractivity contribution in [2.24, 2.45) is 4.99 Å². The first-order valence-electron chi connectivity index (χ1n) is 8.35. The van der Waals surface area contributed by atoms with Crippen molar-refractivity contribution >= 4 is 56.0 Å². The predicted octanol–water partition coefficient (Wildman–Crippen LogP) is 4.60. The van der Waals surface area contributed by atoms with E-state index in [4.69, 9.17) is 0 Å². The van der Waals surface area contributed by atoms with Crippen LogP contribution in [0.1, 0.15) is 6.42 Å². The molecule has 1 atom stereocenters. The van der Waals surface area contributed by atoms with Gasteiger partial charge in [0.2, 0.25) is 11.8 Å². The minimum atomic E-state index is -0.497. The van der Waals surface area contributed by atoms with Crippen molar-refractivity contribution in [3.8, 4) is 0 Å². The number of thioether (sulfide) groups is 1. The first-order valence-corrected chi connectivity index (χ1v) is 10.0. The number of amidine groups is 1. The van der Waals surface area contributed by atoms with E-state index in [2.05, 4.69) is 32.8 Å². The lowest BCUT2D eigenvalue weighted by atomic mass is 10.2. The highest BCUT2D eigenvalue weighted by Crippen LogP contribution is 2.31. The van der Waals surface area contributed by atoms with E-state index in [0.29, 0.717) is 17.4 Å². The van der Waals surface area contributed by atoms with Gasteiger partial charge in [0.05, 0.1) is 5.69 Å². The Bertz CT molecular complexity index is 869. The highest BCUT2D eigenvalue weighted by atomic mass is 79.9. The van der Waals surface area contributed by atoms with E-state index in [9.17, 15) is 9.59 Å². The summed E-state index contributed by atoms with van der Waals surface area (Å²) in [6.45, 7) is 4.07. The second-order valence-electron chi connectivity index (χ2n) is 5.83. The second kappa shape index (κ2) is 9.01. The molecule has 138 valence electrons. The second-order valence-corrected chi connectivity index (χ2v) is 7.92. The molecule has 1 aliphatic heterocycles. The van der Waals surface area contributed by atoms with Crippen molar-refractivity contribution in [3.63, 3.8) is 0 Å². The molecule has 1 aliphatic rings. The van der Waals surface area contributed by atoms with Crippen molar-refractivity contribution in [2.75, 3.05) is 11.9 Å². The maximum absolute atomic E-state index is 12.7. The van der Waals surface area contributed by atoms with Gasteiger partial charge in [-0.2, -0.15) is 0 Å². The summed E-state index contributed by atoms with van der Waals surface area (Å²) in [4.78, 5) is 31.2. The zero-order chi connectivity index (χ0) is 19.2. The molecule has 0 aromatic heterocycles. The quantitative estimate of drug-likeness (QED) is 0.663. The summed E-state index contributed by atoms with van der Waals surface area (Å²) in [5, 5.41) is 2.92. The maximum atomic E-state index is 12.7. The van der Waals surface area contributed by atoms with Crippen LogP contribution in [0.3, 0.4) is 0 Å². The average molecular weight is 444 g/mol. The van der Waals surface area contributed by atoms with E-state index in [1.54, 1.807) is 23.1 Å². The Morgan fingerprint density at radius 2 is 1.93 bits per heavy atom. The Kier molecular flexibility index (Phi) is 6.47. The largest absolute Gasteiger partial charge is 0.326 e. The number of para-hydroxylation sites is 1. The van der Waals surface area contributed by atoms with E-state index in [1.165, 1.54) is 11.8 Å². The summed E-state index contributed by atoms with van der Waals surface area (Å²) in [7, 11) is 0. The van der Waals surface area contributed by atoms with Gasteiger partial charge in [0.15, 0.2) is 5.17 Å². The number of amides is 2. The normalized spacial score (nSPS) is 18.0. The van der Waals surface area contributed by atoms with E-state index >= 15 is 0 Å². The lowest BCUT2D eigenvalue weighted by molar-refractivity contribution is -0.127. The van der Waals surface area contributed by atoms with Gasteiger partial charge >= 0.3 is 0 Å². The van der Waals surface area contributed by atoms with Crippen LogP contribution in [0.5, 0.6) is 0 Å². The Balaban J connectivity index is 1.71. The molecule has 1 heterocycles. The molecule has 2 amide bonds. The van der Waals surface area contributed by atoms with Gasteiger partial charge < -0.3 is 5.32 Å². The topological polar surface area (TPSA) is 61.8 Å². The van der Waals surface area contributed by atoms with Gasteiger partial charge in [0.25, 0.3) is 0 Å². The number of carbonyl (C=O) groups is 2. The molecule has 0 bridgehead atoms. The first-order chi connectivity index (χ1) is 13.1. The number of anilines is 1. The standard InChI is InChI=1S/C20H18BrN3O2S/c1-2-12-24-19(26)17(27-20(24)23-15-6-4-3-5-7-15)13-18(25)22-16-10-8-14(21)9-11-16/h2-11,17H,1,12-13H2,(H,22,25). The van der Waals surface area contributed by atoms with Crippen LogP contribution in [0, 0.1) is 0 Å². The maximum Gasteiger partial charge on any atom is 0.242 e. The highest BCUT2D eigenvalue weighted by Gasteiger charge is 2.38. The monoisotopic (exact) mass is 443 g/mol. The van der Waals surface area contributed by atoms with Crippen LogP contribution >= 0.6 is 27.7 Å². The van der Waals surface area contributed by atoms with Crippen LogP contribution in [0.25, 0.3) is 0 Å². The molecule has 0 radical (unpaired) electrons. The number of rotatable bonds is 6. The first kappa shape index (κ1) is 19.4. The van der Waals surface area contributed by atoms with E-state index in [0.717, 1.165) is 10.2 Å². The van der Waals surface area contributed by atoms with Gasteiger partial charge in [-0.3, -0.25) is 14.5 Å². The molecule has 0 saturated carbocycles. The summed E-state index contributed by atoms with van der Waals surface area (Å²) in [5.41, 5.74) is 1.46. The molecular formula is C20H18BrN3O2S. The third-order valence-corrected chi connectivity index (χ3v) is 5.52. The SMILES string of the molecule is C=CCN1C(=O)C(CC(=O)Nc2ccc(Br)cc2)SC1=Nc1ccccc1. The Hall–Kier alpha value is -2.38. The zero-order valence-corrected chi connectivity index (χ0v) is 16.9. The molecule has 3 rings (SSSR count). The molecule has 0 spiro atoms. The van der Waals surface area contributed by atoms with Crippen molar-refractivity contribution in [3.05, 3.63) is 71.7 Å². The third kappa shape index (κ3) is 5.08. The lowest BCUT2D eigenvalue weighted by Crippen LogP contribution is -2.33. The molecule has 2 aromatic rings. The third-order valence-electron chi connectivity index (χ3n) is 3.81. The number of nitrogens with zero attached hydrogens (tertiary/aromatic N) is 2. The summed E-state index contributed by atoms with van der Waals surface area (Å²) in [6.07, 6.45) is 1.74. The van der Waals surface area contributed by atoms with Gasteiger partial charge in [-0.15, -0.1) is 6.58 Å². The Labute approximate surface area is 170 Å². The number of benzene rings is 2. The minimum absolute atomic E-state index is 0.0843. The molecule has 7 heteroatoms. The molecule has 5 nitrogen and oxygen atoms in total. The fourth-order valence-corrected chi connectivity index (χ4v) is 3.98. The fourth-order valence-electron chi connectivity index (χ4n) is 2.55. The average Bonchev–Trinajstić information content (AvgIpc) is 2.93. The smallest absolute Gasteiger partial charge is 0.242 e. The van der Waals surface area contributed by atoms with E-state index in [-0.39, 0.29) is 18.2 Å². The summed E-state index contributed by atoms with van der Waals surface area (Å²) >= 11 is 4.67. The van der Waals surface area contributed by atoms with Gasteiger partial charge in [-0.1, -0.05) is 52.0 Å². The molecule has 1 saturated heterocycles. The van der Waals surface area contributed by atoms with Gasteiger partial charge in [0.1, 0.15) is 5.25 Å². The van der Waals surface area contributed by atoms with Crippen molar-refractivity contribution in [2.45, 2.75) is 11.7 Å². The van der Waals surface area contributed by atoms with Crippen molar-refractivity contribution in [1.82, 2.24) is 4.90 Å². The van der Waals surface area contributed by atoms with Crippen molar-refractivity contribution in [1.29, 1.82) is 0 Å². The van der Waals surface area contributed by atoms with Crippen LogP contribution in [-0.4, -0.2) is 33.7 Å². The Morgan fingerprint density at radius 1 is 1.22 bits per heavy atom. The lowest BCUT2D eigenvalue weighted by Gasteiger charge is -2.13. The van der Waals surface area contributed by atoms with Gasteiger partial charge in [-0.05, 0) is 36.4 Å². The molecule has 2 aromatic carbocycles. The summed E-state index contributed by atoms with van der Waals surface area (Å²) < 4.78 is 0.934. The van der Waals surface area contributed by atoms with Crippen LogP contribution in [0.4, 0.5) is 11.4 Å². The van der Waals surface area contributed by atoms with Crippen LogP contribution in [0.2, 0.25) is 0 Å². The number of nitrogens with one attached hydrogen (secondary N) is 1. The van der Waals surface area contributed by atoms with Crippen LogP contribution in [-0.2, 0) is 9.59 Å². The molecule has 0 aliphatic carbocycles. The molecule has 1 unspecified atom stereocenters. The number of carbonyl (C=O) groups excluding carboxylic acids is 2. The minimum Gasteiger partial charge on any atom is -0.326 e. The number of hydrogen-bond acceptors (Lipinski definition) is 4. The number of halogens is 1. The predicted molar refractivity (Wildman–Crippen MR) is 114 cm³/mol. The van der Waals surface area contributed by atoms with Crippen LogP contribution in [0.15, 0.2) is 76.7 Å². The zero-order valence-electron chi connectivity index (χ0n) is 14.5. The van der Waals surface area contributed by atoms with E-state index in [1.807, 2.05) is 42.5 Å². The van der Waals surface area contributed by atoms with Crippen molar-refractivity contribution < 1.29 is 9.59 Å². The molecular weight excluding hydrogens is 426 g/mol. The molecule has 27 heavy (non-hydrogen) atoms. The van der Waals surface area contributed by atoms with Crippen LogP contribution < -0.4 is 5.32 Å². The Morgan fingerprint density at radius 3 is 2.59 bits per heavy atom. The highest BCUT2D eigenvalue weighted by molar-refractivity contribution is 9.10. The van der Waals surface area contributed by atoms with E-state index < -0.39 is 5.25 Å². The number of aliphatic imine (C=N–C) groups is 1. The number of hydrogen-bond donors (Lipinski definition) is 1. The van der Waals surface area contributed by atoms with Gasteiger partial charge in [0, 0.05) is 23.1 Å². The van der Waals surface area contributed by atoms with Gasteiger partial charge in [-0.25, -0.2) is 4.99 Å².